The van der Waals surface area contributed by atoms with Crippen molar-refractivity contribution in [1.29, 1.82) is 0 Å². The molecule has 1 saturated heterocycles. The second-order valence-corrected chi connectivity index (χ2v) is 5.13. The van der Waals surface area contributed by atoms with E-state index in [4.69, 9.17) is 15.2 Å². The van der Waals surface area contributed by atoms with Crippen molar-refractivity contribution in [2.45, 2.75) is 56.8 Å². The maximum atomic E-state index is 11.8. The van der Waals surface area contributed by atoms with Gasteiger partial charge in [0.1, 0.15) is 6.10 Å². The Balaban J connectivity index is 1.54. The zero-order chi connectivity index (χ0) is 12.8. The number of amides is 1. The molecule has 0 bridgehead atoms. The van der Waals surface area contributed by atoms with Gasteiger partial charge in [0.2, 0.25) is 5.91 Å². The van der Waals surface area contributed by atoms with Crippen LogP contribution in [0, 0.1) is 0 Å². The lowest BCUT2D eigenvalue weighted by Crippen LogP contribution is -2.37. The monoisotopic (exact) mass is 256 g/mol. The summed E-state index contributed by atoms with van der Waals surface area (Å²) in [6.07, 6.45) is 6.67. The van der Waals surface area contributed by atoms with Gasteiger partial charge in [0.25, 0.3) is 0 Å². The Labute approximate surface area is 108 Å². The van der Waals surface area contributed by atoms with E-state index in [0.29, 0.717) is 25.8 Å². The third kappa shape index (κ3) is 3.93. The zero-order valence-electron chi connectivity index (χ0n) is 10.9. The molecule has 0 unspecified atom stereocenters. The van der Waals surface area contributed by atoms with Crippen LogP contribution in [-0.4, -0.2) is 43.9 Å². The molecule has 1 amide bonds. The number of nitrogens with one attached hydrogen (secondary N) is 1. The van der Waals surface area contributed by atoms with Crippen LogP contribution in [0.5, 0.6) is 0 Å². The number of rotatable bonds is 6. The van der Waals surface area contributed by atoms with Gasteiger partial charge in [-0.3, -0.25) is 4.79 Å². The summed E-state index contributed by atoms with van der Waals surface area (Å²) in [7, 11) is 0. The molecule has 1 heterocycles. The minimum absolute atomic E-state index is 0.0269. The third-order valence-corrected chi connectivity index (χ3v) is 3.72. The molecule has 2 atom stereocenters. The first-order chi connectivity index (χ1) is 8.79. The van der Waals surface area contributed by atoms with Crippen LogP contribution >= 0.6 is 0 Å². The summed E-state index contributed by atoms with van der Waals surface area (Å²) in [4.78, 5) is 11.8. The Morgan fingerprint density at radius 2 is 2.06 bits per heavy atom. The predicted octanol–water partition coefficient (Wildman–Crippen LogP) is 0.568. The molecule has 1 aliphatic carbocycles. The van der Waals surface area contributed by atoms with Crippen molar-refractivity contribution in [2.75, 3.05) is 19.7 Å². The predicted molar refractivity (Wildman–Crippen MR) is 68.2 cm³/mol. The van der Waals surface area contributed by atoms with Crippen molar-refractivity contribution in [3.8, 4) is 0 Å². The molecule has 2 aliphatic rings. The summed E-state index contributed by atoms with van der Waals surface area (Å²) in [5.41, 5.74) is 5.51. The van der Waals surface area contributed by atoms with Crippen molar-refractivity contribution >= 4 is 5.91 Å². The van der Waals surface area contributed by atoms with Gasteiger partial charge in [-0.05, 0) is 25.7 Å². The molecule has 1 saturated carbocycles. The number of ether oxygens (including phenoxy) is 2. The van der Waals surface area contributed by atoms with E-state index >= 15 is 0 Å². The largest absolute Gasteiger partial charge is 0.376 e. The van der Waals surface area contributed by atoms with Crippen molar-refractivity contribution < 1.29 is 14.3 Å². The molecule has 104 valence electrons. The zero-order valence-corrected chi connectivity index (χ0v) is 10.9. The first-order valence-electron chi connectivity index (χ1n) is 7.04. The summed E-state index contributed by atoms with van der Waals surface area (Å²) in [5.74, 6) is -0.0269. The summed E-state index contributed by atoms with van der Waals surface area (Å²) >= 11 is 0. The Morgan fingerprint density at radius 3 is 2.72 bits per heavy atom. The van der Waals surface area contributed by atoms with Crippen LogP contribution in [0.2, 0.25) is 0 Å². The number of carbonyl (C=O) groups is 1. The van der Waals surface area contributed by atoms with Crippen LogP contribution < -0.4 is 11.1 Å². The second kappa shape index (κ2) is 7.07. The van der Waals surface area contributed by atoms with E-state index < -0.39 is 0 Å². The smallest absolute Gasteiger partial charge is 0.249 e. The van der Waals surface area contributed by atoms with E-state index in [-0.39, 0.29) is 18.1 Å². The fourth-order valence-electron chi connectivity index (χ4n) is 2.64. The highest BCUT2D eigenvalue weighted by molar-refractivity contribution is 5.80. The Bertz CT molecular complexity index is 267. The van der Waals surface area contributed by atoms with Crippen LogP contribution in [0.15, 0.2) is 0 Å². The van der Waals surface area contributed by atoms with Crippen LogP contribution in [0.3, 0.4) is 0 Å². The Hall–Kier alpha value is -0.650. The van der Waals surface area contributed by atoms with Gasteiger partial charge in [0.15, 0.2) is 0 Å². The molecule has 1 aliphatic heterocycles. The van der Waals surface area contributed by atoms with Gasteiger partial charge >= 0.3 is 0 Å². The standard InChI is InChI=1S/C13H24N2O3/c14-9-11-5-6-12(18-11)13(16)15-7-8-17-10-3-1-2-4-10/h10-12H,1-9,14H2,(H,15,16)/t11-,12+/m1/s1. The molecule has 2 rings (SSSR count). The minimum atomic E-state index is -0.315. The molecule has 0 spiro atoms. The summed E-state index contributed by atoms with van der Waals surface area (Å²) in [5, 5.41) is 2.86. The van der Waals surface area contributed by atoms with Gasteiger partial charge in [-0.15, -0.1) is 0 Å². The molecule has 0 aromatic heterocycles. The average Bonchev–Trinajstić information content (AvgIpc) is 3.05. The lowest BCUT2D eigenvalue weighted by molar-refractivity contribution is -0.132. The highest BCUT2D eigenvalue weighted by Gasteiger charge is 2.29. The molecule has 0 radical (unpaired) electrons. The van der Waals surface area contributed by atoms with Crippen LogP contribution in [0.4, 0.5) is 0 Å². The van der Waals surface area contributed by atoms with E-state index in [9.17, 15) is 4.79 Å². The highest BCUT2D eigenvalue weighted by Crippen LogP contribution is 2.20. The number of nitrogens with two attached hydrogens (primary N) is 1. The number of hydrogen-bond acceptors (Lipinski definition) is 4. The van der Waals surface area contributed by atoms with E-state index in [1.807, 2.05) is 0 Å². The average molecular weight is 256 g/mol. The Kier molecular flexibility index (Phi) is 5.41. The first-order valence-corrected chi connectivity index (χ1v) is 7.04. The van der Waals surface area contributed by atoms with Gasteiger partial charge < -0.3 is 20.5 Å². The molecule has 0 aromatic carbocycles. The van der Waals surface area contributed by atoms with E-state index in [2.05, 4.69) is 5.32 Å². The van der Waals surface area contributed by atoms with Gasteiger partial charge in [0.05, 0.1) is 18.8 Å². The summed E-state index contributed by atoms with van der Waals surface area (Å²) < 4.78 is 11.2. The minimum Gasteiger partial charge on any atom is -0.376 e. The third-order valence-electron chi connectivity index (χ3n) is 3.72. The maximum absolute atomic E-state index is 11.8. The summed E-state index contributed by atoms with van der Waals surface area (Å²) in [6, 6.07) is 0. The van der Waals surface area contributed by atoms with Gasteiger partial charge in [-0.1, -0.05) is 12.8 Å². The Morgan fingerprint density at radius 1 is 1.28 bits per heavy atom. The van der Waals surface area contributed by atoms with E-state index in [1.54, 1.807) is 0 Å². The van der Waals surface area contributed by atoms with Crippen molar-refractivity contribution in [2.24, 2.45) is 5.73 Å². The summed E-state index contributed by atoms with van der Waals surface area (Å²) in [6.45, 7) is 1.67. The lowest BCUT2D eigenvalue weighted by atomic mass is 10.2. The highest BCUT2D eigenvalue weighted by atomic mass is 16.5. The quantitative estimate of drug-likeness (QED) is 0.681. The maximum Gasteiger partial charge on any atom is 0.249 e. The topological polar surface area (TPSA) is 73.6 Å². The van der Waals surface area contributed by atoms with Crippen LogP contribution in [0.1, 0.15) is 38.5 Å². The lowest BCUT2D eigenvalue weighted by Gasteiger charge is -2.14. The molecule has 3 N–H and O–H groups in total. The van der Waals surface area contributed by atoms with Crippen LogP contribution in [0.25, 0.3) is 0 Å². The van der Waals surface area contributed by atoms with Gasteiger partial charge in [-0.2, -0.15) is 0 Å². The molecule has 0 aromatic rings. The molecule has 18 heavy (non-hydrogen) atoms. The fourth-order valence-corrected chi connectivity index (χ4v) is 2.64. The van der Waals surface area contributed by atoms with Gasteiger partial charge in [0, 0.05) is 13.1 Å². The molecular weight excluding hydrogens is 232 g/mol. The van der Waals surface area contributed by atoms with Crippen LogP contribution in [-0.2, 0) is 14.3 Å². The van der Waals surface area contributed by atoms with Crippen molar-refractivity contribution in [1.82, 2.24) is 5.32 Å². The molecular formula is C13H24N2O3. The number of carbonyl (C=O) groups excluding carboxylic acids is 1. The van der Waals surface area contributed by atoms with Gasteiger partial charge in [-0.25, -0.2) is 0 Å². The fraction of sp³-hybridized carbons (Fsp3) is 0.923. The second-order valence-electron chi connectivity index (χ2n) is 5.13. The molecule has 2 fully saturated rings. The van der Waals surface area contributed by atoms with E-state index in [1.165, 1.54) is 12.8 Å². The molecule has 5 nitrogen and oxygen atoms in total. The normalized spacial score (nSPS) is 28.7. The van der Waals surface area contributed by atoms with E-state index in [0.717, 1.165) is 25.7 Å². The first kappa shape index (κ1) is 13.8. The number of hydrogen-bond donors (Lipinski definition) is 2. The molecule has 5 heteroatoms. The van der Waals surface area contributed by atoms with Crippen molar-refractivity contribution in [3.63, 3.8) is 0 Å². The SMILES string of the molecule is NC[C@H]1CC[C@@H](C(=O)NCCOC2CCCC2)O1. The van der Waals surface area contributed by atoms with Crippen molar-refractivity contribution in [3.05, 3.63) is 0 Å².